The summed E-state index contributed by atoms with van der Waals surface area (Å²) in [5.41, 5.74) is 1.05. The lowest BCUT2D eigenvalue weighted by Gasteiger charge is -2.28. The second-order valence-electron chi connectivity index (χ2n) is 3.76. The summed E-state index contributed by atoms with van der Waals surface area (Å²) in [4.78, 5) is 0. The summed E-state index contributed by atoms with van der Waals surface area (Å²) in [6, 6.07) is 7.86. The van der Waals surface area contributed by atoms with E-state index in [4.69, 9.17) is 9.00 Å². The summed E-state index contributed by atoms with van der Waals surface area (Å²) >= 11 is 0. The molecule has 84 valence electrons. The first-order chi connectivity index (χ1) is 7.64. The highest BCUT2D eigenvalue weighted by molar-refractivity contribution is 6.85. The van der Waals surface area contributed by atoms with Crippen molar-refractivity contribution in [3.63, 3.8) is 0 Å². The van der Waals surface area contributed by atoms with Crippen molar-refractivity contribution in [1.82, 2.24) is 0 Å². The van der Waals surface area contributed by atoms with Crippen LogP contribution in [-0.2, 0) is 18.0 Å². The van der Waals surface area contributed by atoms with Gasteiger partial charge in [-0.25, -0.2) is 4.58 Å². The number of hydrogen-bond donors (Lipinski definition) is 0. The summed E-state index contributed by atoms with van der Waals surface area (Å²) in [7, 11) is -4.68. The van der Waals surface area contributed by atoms with Crippen molar-refractivity contribution >= 4 is 28.8 Å². The Labute approximate surface area is 96.4 Å². The lowest BCUT2D eigenvalue weighted by Crippen LogP contribution is -2.56. The maximum atomic E-state index is 10.9. The predicted molar refractivity (Wildman–Crippen MR) is 62.3 cm³/mol. The minimum absolute atomic E-state index is 0.359. The van der Waals surface area contributed by atoms with E-state index in [1.165, 1.54) is 0 Å². The second-order valence-corrected chi connectivity index (χ2v) is 8.21. The summed E-state index contributed by atoms with van der Waals surface area (Å²) in [5, 5.41) is 1.05. The molecule has 0 spiro atoms. The van der Waals surface area contributed by atoms with Gasteiger partial charge in [0.05, 0.1) is 0 Å². The van der Waals surface area contributed by atoms with Gasteiger partial charge in [-0.2, -0.15) is 0 Å². The van der Waals surface area contributed by atoms with Gasteiger partial charge in [0.2, 0.25) is 0 Å². The molecule has 6 heteroatoms. The molecule has 1 fully saturated rings. The molecule has 1 aliphatic heterocycles. The molecule has 1 aromatic carbocycles. The molecular weight excluding hydrogens is 240 g/mol. The summed E-state index contributed by atoms with van der Waals surface area (Å²) < 4.78 is 25.9. The topological polar surface area (TPSA) is 44.8 Å². The van der Waals surface area contributed by atoms with Gasteiger partial charge < -0.3 is 9.00 Å². The normalized spacial score (nSPS) is 24.4. The Balaban J connectivity index is 2.22. The average molecular weight is 252 g/mol. The maximum absolute atomic E-state index is 10.9. The quantitative estimate of drug-likeness (QED) is 0.583. The molecular formula is C10H12O4Si2. The third-order valence-corrected chi connectivity index (χ3v) is 6.27. The fraction of sp³-hybridized carbons (Fsp3) is 0.200. The van der Waals surface area contributed by atoms with Crippen LogP contribution in [0, 0.1) is 0 Å². The van der Waals surface area contributed by atoms with Crippen molar-refractivity contribution in [2.24, 2.45) is 0 Å². The first kappa shape index (κ1) is 11.2. The van der Waals surface area contributed by atoms with Crippen LogP contribution in [-0.4, -0.2) is 23.7 Å². The van der Waals surface area contributed by atoms with Crippen molar-refractivity contribution in [2.75, 3.05) is 6.23 Å². The molecule has 0 saturated carbocycles. The molecule has 0 aromatic heterocycles. The predicted octanol–water partition coefficient (Wildman–Crippen LogP) is 1.04. The average Bonchev–Trinajstić information content (AvgIpc) is 2.33. The van der Waals surface area contributed by atoms with E-state index in [1.807, 2.05) is 30.8 Å². The van der Waals surface area contributed by atoms with Crippen LogP contribution in [0.5, 0.6) is 0 Å². The van der Waals surface area contributed by atoms with Gasteiger partial charge in [0.25, 0.3) is 0 Å². The van der Waals surface area contributed by atoms with Crippen molar-refractivity contribution < 1.29 is 18.0 Å². The Kier molecular flexibility index (Phi) is 3.04. The molecule has 1 atom stereocenters. The summed E-state index contributed by atoms with van der Waals surface area (Å²) in [6.45, 7) is 5.66. The van der Waals surface area contributed by atoms with Crippen molar-refractivity contribution in [1.29, 1.82) is 0 Å². The van der Waals surface area contributed by atoms with E-state index in [0.29, 0.717) is 6.23 Å². The molecule has 0 aliphatic carbocycles. The van der Waals surface area contributed by atoms with Crippen LogP contribution >= 0.6 is 0 Å². The molecule has 1 unspecified atom stereocenters. The molecule has 16 heavy (non-hydrogen) atoms. The highest BCUT2D eigenvalue weighted by atomic mass is 28.4. The van der Waals surface area contributed by atoms with E-state index in [9.17, 15) is 4.46 Å². The Morgan fingerprint density at radius 2 is 2.12 bits per heavy atom. The minimum atomic E-state index is -2.44. The molecule has 1 aliphatic rings. The van der Waals surface area contributed by atoms with Gasteiger partial charge in [0.15, 0.2) is 0 Å². The molecule has 1 saturated heterocycles. The fourth-order valence-corrected chi connectivity index (χ4v) is 5.29. The van der Waals surface area contributed by atoms with Gasteiger partial charge in [0.1, 0.15) is 6.23 Å². The third kappa shape index (κ3) is 2.13. The van der Waals surface area contributed by atoms with E-state index >= 15 is 0 Å². The van der Waals surface area contributed by atoms with Crippen molar-refractivity contribution in [3.8, 4) is 0 Å². The van der Waals surface area contributed by atoms with Crippen LogP contribution in [0.3, 0.4) is 0 Å². The van der Waals surface area contributed by atoms with E-state index in [-0.39, 0.29) is 0 Å². The number of hydrogen-bond acceptors (Lipinski definition) is 4. The third-order valence-electron chi connectivity index (χ3n) is 2.52. The van der Waals surface area contributed by atoms with Crippen molar-refractivity contribution in [2.45, 2.75) is 6.55 Å². The van der Waals surface area contributed by atoms with E-state index < -0.39 is 17.5 Å². The largest absolute Gasteiger partial charge is 0.800 e. The van der Waals surface area contributed by atoms with Gasteiger partial charge >= 0.3 is 17.5 Å². The highest BCUT2D eigenvalue weighted by Gasteiger charge is 2.42. The van der Waals surface area contributed by atoms with E-state index in [2.05, 4.69) is 11.2 Å². The molecule has 0 amide bonds. The molecule has 0 radical (unpaired) electrons. The zero-order valence-corrected chi connectivity index (χ0v) is 10.9. The van der Waals surface area contributed by atoms with Gasteiger partial charge in [-0.3, -0.25) is 4.46 Å². The second kappa shape index (κ2) is 4.32. The standard InChI is InChI=1S/C10H12O4Si2/c1-3-9-4-6-10(7-5-9)16(2)8-12-15(11)13-14-16/h3-7H,1,8H2,2H3. The SMILES string of the molecule is C=Cc1ccc([Si]2(C)CO[Si](=O)OO2)cc1. The van der Waals surface area contributed by atoms with Crippen LogP contribution in [0.1, 0.15) is 5.56 Å². The number of rotatable bonds is 2. The Morgan fingerprint density at radius 3 is 2.62 bits per heavy atom. The molecule has 0 bridgehead atoms. The van der Waals surface area contributed by atoms with E-state index in [1.54, 1.807) is 6.08 Å². The maximum Gasteiger partial charge on any atom is 0.800 e. The fourth-order valence-electron chi connectivity index (χ4n) is 1.47. The smallest absolute Gasteiger partial charge is 0.494 e. The van der Waals surface area contributed by atoms with Crippen LogP contribution < -0.4 is 5.19 Å². The molecule has 1 heterocycles. The molecule has 4 nitrogen and oxygen atoms in total. The van der Waals surface area contributed by atoms with Gasteiger partial charge in [-0.15, -0.1) is 0 Å². The first-order valence-corrected chi connectivity index (χ1v) is 8.73. The molecule has 0 N–H and O–H groups in total. The first-order valence-electron chi connectivity index (χ1n) is 4.89. The Morgan fingerprint density at radius 1 is 1.44 bits per heavy atom. The van der Waals surface area contributed by atoms with Gasteiger partial charge in [-0.05, 0) is 17.3 Å². The van der Waals surface area contributed by atoms with Gasteiger partial charge in [-0.1, -0.05) is 36.9 Å². The Hall–Kier alpha value is -1.25. The lowest BCUT2D eigenvalue weighted by molar-refractivity contribution is -0.158. The van der Waals surface area contributed by atoms with Crippen LogP contribution in [0.25, 0.3) is 6.08 Å². The highest BCUT2D eigenvalue weighted by Crippen LogP contribution is 2.13. The molecule has 2 rings (SSSR count). The van der Waals surface area contributed by atoms with E-state index in [0.717, 1.165) is 10.8 Å². The van der Waals surface area contributed by atoms with Crippen LogP contribution in [0.2, 0.25) is 6.55 Å². The zero-order chi connectivity index (χ0) is 11.6. The minimum Gasteiger partial charge on any atom is -0.494 e. The molecule has 1 aromatic rings. The van der Waals surface area contributed by atoms with Crippen LogP contribution in [0.4, 0.5) is 0 Å². The summed E-state index contributed by atoms with van der Waals surface area (Å²) in [5.74, 6) is 0. The lowest BCUT2D eigenvalue weighted by atomic mass is 10.2. The number of benzene rings is 1. The summed E-state index contributed by atoms with van der Waals surface area (Å²) in [6.07, 6.45) is 2.14. The van der Waals surface area contributed by atoms with Crippen molar-refractivity contribution in [3.05, 3.63) is 36.4 Å². The Bertz CT molecular complexity index is 405. The zero-order valence-electron chi connectivity index (χ0n) is 8.93. The monoisotopic (exact) mass is 252 g/mol. The van der Waals surface area contributed by atoms with Gasteiger partial charge in [0, 0.05) is 0 Å². The van der Waals surface area contributed by atoms with Crippen LogP contribution in [0.15, 0.2) is 30.8 Å².